The number of fused-ring (bicyclic) bond motifs is 2. The summed E-state index contributed by atoms with van der Waals surface area (Å²) >= 11 is 0. The lowest BCUT2D eigenvalue weighted by Crippen LogP contribution is -2.56. The van der Waals surface area contributed by atoms with Gasteiger partial charge in [-0.3, -0.25) is 0 Å². The highest BCUT2D eigenvalue weighted by atomic mass is 14.9. The van der Waals surface area contributed by atoms with Crippen molar-refractivity contribution in [3.05, 3.63) is 35.9 Å². The highest BCUT2D eigenvalue weighted by Gasteiger charge is 2.64. The Hall–Kier alpha value is -0.820. The van der Waals surface area contributed by atoms with Crippen molar-refractivity contribution in [3.8, 4) is 0 Å². The molecule has 98 valence electrons. The van der Waals surface area contributed by atoms with Crippen molar-refractivity contribution >= 4 is 0 Å². The lowest BCUT2D eigenvalue weighted by molar-refractivity contribution is 0.0355. The third-order valence-corrected chi connectivity index (χ3v) is 6.20. The minimum absolute atomic E-state index is 0.0827. The van der Waals surface area contributed by atoms with Crippen molar-refractivity contribution in [3.63, 3.8) is 0 Å². The van der Waals surface area contributed by atoms with Gasteiger partial charge in [0.2, 0.25) is 0 Å². The molecule has 0 heterocycles. The van der Waals surface area contributed by atoms with Gasteiger partial charge in [0.25, 0.3) is 0 Å². The summed E-state index contributed by atoms with van der Waals surface area (Å²) in [5.41, 5.74) is 8.69. The molecule has 2 N–H and O–H groups in total. The van der Waals surface area contributed by atoms with Crippen LogP contribution in [0.4, 0.5) is 0 Å². The fourth-order valence-corrected chi connectivity index (χ4v) is 5.29. The van der Waals surface area contributed by atoms with E-state index in [-0.39, 0.29) is 5.54 Å². The molecule has 1 aromatic carbocycles. The van der Waals surface area contributed by atoms with Crippen LogP contribution < -0.4 is 5.73 Å². The molecule has 2 saturated carbocycles. The number of benzene rings is 1. The van der Waals surface area contributed by atoms with Gasteiger partial charge in [-0.05, 0) is 54.9 Å². The van der Waals surface area contributed by atoms with Gasteiger partial charge in [0, 0.05) is 5.54 Å². The molecule has 0 radical (unpaired) electrons. The third kappa shape index (κ3) is 1.26. The topological polar surface area (TPSA) is 26.0 Å². The number of hydrogen-bond donors (Lipinski definition) is 1. The largest absolute Gasteiger partial charge is 0.321 e. The van der Waals surface area contributed by atoms with Crippen LogP contribution in [0.2, 0.25) is 0 Å². The first-order valence-electron chi connectivity index (χ1n) is 7.53. The molecule has 2 aliphatic rings. The quantitative estimate of drug-likeness (QED) is 0.850. The summed E-state index contributed by atoms with van der Waals surface area (Å²) in [4.78, 5) is 0. The van der Waals surface area contributed by atoms with Gasteiger partial charge in [-0.2, -0.15) is 0 Å². The van der Waals surface area contributed by atoms with Gasteiger partial charge < -0.3 is 5.73 Å². The maximum Gasteiger partial charge on any atom is 0.0497 e. The van der Waals surface area contributed by atoms with Crippen LogP contribution in [0.1, 0.15) is 51.5 Å². The Morgan fingerprint density at radius 1 is 1.06 bits per heavy atom. The van der Waals surface area contributed by atoms with Crippen molar-refractivity contribution in [2.75, 3.05) is 0 Å². The van der Waals surface area contributed by atoms with Crippen LogP contribution in [0.3, 0.4) is 0 Å². The molecule has 0 aliphatic heterocycles. The van der Waals surface area contributed by atoms with E-state index in [2.05, 4.69) is 44.2 Å². The van der Waals surface area contributed by atoms with Crippen molar-refractivity contribution in [1.29, 1.82) is 0 Å². The maximum atomic E-state index is 7.07. The highest BCUT2D eigenvalue weighted by Crippen LogP contribution is 2.67. The Morgan fingerprint density at radius 3 is 2.28 bits per heavy atom. The smallest absolute Gasteiger partial charge is 0.0497 e. The lowest BCUT2D eigenvalue weighted by atomic mass is 9.56. The first kappa shape index (κ1) is 12.2. The first-order valence-corrected chi connectivity index (χ1v) is 7.53. The molecule has 1 nitrogen and oxygen atoms in total. The van der Waals surface area contributed by atoms with Crippen LogP contribution in [0.15, 0.2) is 30.3 Å². The molecule has 3 rings (SSSR count). The molecule has 1 aromatic rings. The van der Waals surface area contributed by atoms with E-state index in [0.29, 0.717) is 11.3 Å². The van der Waals surface area contributed by atoms with Crippen molar-refractivity contribution in [1.82, 2.24) is 0 Å². The molecule has 0 unspecified atom stereocenters. The first-order chi connectivity index (χ1) is 8.69. The van der Waals surface area contributed by atoms with E-state index >= 15 is 0 Å². The predicted octanol–water partition coefficient (Wildman–Crippen LogP) is 4.08. The minimum Gasteiger partial charge on any atom is -0.321 e. The molecule has 3 atom stereocenters. The van der Waals surface area contributed by atoms with Gasteiger partial charge >= 0.3 is 0 Å². The van der Waals surface area contributed by atoms with Crippen LogP contribution in [0, 0.1) is 17.3 Å². The van der Waals surface area contributed by atoms with Gasteiger partial charge in [0.05, 0.1) is 0 Å². The van der Waals surface area contributed by atoms with E-state index in [4.69, 9.17) is 5.73 Å². The summed E-state index contributed by atoms with van der Waals surface area (Å²) in [6.07, 6.45) is 6.52. The molecule has 18 heavy (non-hydrogen) atoms. The van der Waals surface area contributed by atoms with Crippen molar-refractivity contribution in [2.45, 2.75) is 51.5 Å². The van der Waals surface area contributed by atoms with Crippen LogP contribution in [0.25, 0.3) is 0 Å². The summed E-state index contributed by atoms with van der Waals surface area (Å²) in [7, 11) is 0. The molecule has 0 saturated heterocycles. The van der Waals surface area contributed by atoms with Gasteiger partial charge in [0.15, 0.2) is 0 Å². The SMILES string of the molecule is CCC1(CC)[C@H]2CC[C@H](C2)[C@@]1(N)c1ccccc1. The summed E-state index contributed by atoms with van der Waals surface area (Å²) in [5.74, 6) is 1.55. The van der Waals surface area contributed by atoms with Gasteiger partial charge in [-0.1, -0.05) is 44.2 Å². The standard InChI is InChI=1S/C17H25N/c1-3-16(4-2)14-10-11-15(12-14)17(16,18)13-8-6-5-7-9-13/h5-9,14-15H,3-4,10-12,18H2,1-2H3/t14-,15+,17-/m0/s1. The average Bonchev–Trinajstić information content (AvgIpc) is 2.99. The van der Waals surface area contributed by atoms with E-state index in [1.807, 2.05) is 0 Å². The molecular weight excluding hydrogens is 218 g/mol. The summed E-state index contributed by atoms with van der Waals surface area (Å²) in [6, 6.07) is 10.9. The van der Waals surface area contributed by atoms with Crippen molar-refractivity contribution < 1.29 is 0 Å². The molecule has 1 heteroatoms. The Labute approximate surface area is 111 Å². The van der Waals surface area contributed by atoms with E-state index in [9.17, 15) is 0 Å². The van der Waals surface area contributed by atoms with Gasteiger partial charge in [-0.15, -0.1) is 0 Å². The van der Waals surface area contributed by atoms with Crippen LogP contribution in [-0.2, 0) is 5.54 Å². The van der Waals surface area contributed by atoms with Crippen LogP contribution in [0.5, 0.6) is 0 Å². The van der Waals surface area contributed by atoms with E-state index < -0.39 is 0 Å². The minimum atomic E-state index is -0.0827. The summed E-state index contributed by atoms with van der Waals surface area (Å²) in [5, 5.41) is 0. The zero-order valence-corrected chi connectivity index (χ0v) is 11.7. The zero-order chi connectivity index (χ0) is 12.8. The lowest BCUT2D eigenvalue weighted by Gasteiger charge is -2.51. The molecule has 0 amide bonds. The maximum absolute atomic E-state index is 7.07. The number of hydrogen-bond acceptors (Lipinski definition) is 1. The third-order valence-electron chi connectivity index (χ3n) is 6.20. The second-order valence-electron chi connectivity index (χ2n) is 6.31. The Bertz CT molecular complexity index is 420. The summed E-state index contributed by atoms with van der Waals surface area (Å²) in [6.45, 7) is 4.68. The summed E-state index contributed by atoms with van der Waals surface area (Å²) < 4.78 is 0. The van der Waals surface area contributed by atoms with Crippen LogP contribution >= 0.6 is 0 Å². The fourth-order valence-electron chi connectivity index (χ4n) is 5.29. The van der Waals surface area contributed by atoms with Crippen LogP contribution in [-0.4, -0.2) is 0 Å². The van der Waals surface area contributed by atoms with Gasteiger partial charge in [-0.25, -0.2) is 0 Å². The zero-order valence-electron chi connectivity index (χ0n) is 11.7. The highest BCUT2D eigenvalue weighted by molar-refractivity contribution is 5.33. The Balaban J connectivity index is 2.13. The predicted molar refractivity (Wildman–Crippen MR) is 76.2 cm³/mol. The van der Waals surface area contributed by atoms with E-state index in [1.165, 1.54) is 37.7 Å². The molecule has 0 spiro atoms. The van der Waals surface area contributed by atoms with Crippen molar-refractivity contribution in [2.24, 2.45) is 23.0 Å². The van der Waals surface area contributed by atoms with E-state index in [0.717, 1.165) is 5.92 Å². The second kappa shape index (κ2) is 4.09. The molecular formula is C17H25N. The fraction of sp³-hybridized carbons (Fsp3) is 0.647. The number of nitrogens with two attached hydrogens (primary N) is 1. The van der Waals surface area contributed by atoms with E-state index in [1.54, 1.807) is 0 Å². The Morgan fingerprint density at radius 2 is 1.67 bits per heavy atom. The number of rotatable bonds is 3. The molecule has 2 bridgehead atoms. The molecule has 2 fully saturated rings. The monoisotopic (exact) mass is 243 g/mol. The molecule has 2 aliphatic carbocycles. The van der Waals surface area contributed by atoms with Gasteiger partial charge in [0.1, 0.15) is 0 Å². The Kier molecular flexibility index (Phi) is 2.78. The normalized spacial score (nSPS) is 37.1. The average molecular weight is 243 g/mol. The second-order valence-corrected chi connectivity index (χ2v) is 6.31. The molecule has 0 aromatic heterocycles.